The molecule has 1 aromatic heterocycles. The largest absolute Gasteiger partial charge is 0.452 e. The Morgan fingerprint density at radius 3 is 2.50 bits per heavy atom. The first-order valence-electron chi connectivity index (χ1n) is 9.78. The van der Waals surface area contributed by atoms with E-state index in [0.717, 1.165) is 10.6 Å². The Labute approximate surface area is 184 Å². The molecular weight excluding hydrogens is 438 g/mol. The summed E-state index contributed by atoms with van der Waals surface area (Å²) >= 11 is 0. The molecule has 0 saturated carbocycles. The van der Waals surface area contributed by atoms with E-state index in [-0.39, 0.29) is 17.1 Å². The van der Waals surface area contributed by atoms with E-state index < -0.39 is 45.6 Å². The van der Waals surface area contributed by atoms with Crippen molar-refractivity contribution in [2.24, 2.45) is 14.1 Å². The molecule has 1 unspecified atom stereocenters. The van der Waals surface area contributed by atoms with Gasteiger partial charge in [-0.2, -0.15) is 0 Å². The monoisotopic (exact) mass is 461 g/mol. The van der Waals surface area contributed by atoms with Crippen LogP contribution in [0.25, 0.3) is 6.08 Å². The molecule has 1 atom stereocenters. The van der Waals surface area contributed by atoms with Gasteiger partial charge in [0, 0.05) is 32.1 Å². The van der Waals surface area contributed by atoms with Crippen LogP contribution in [0.5, 0.6) is 0 Å². The molecule has 10 nitrogen and oxygen atoms in total. The first-order chi connectivity index (χ1) is 15.1. The summed E-state index contributed by atoms with van der Waals surface area (Å²) in [6.45, 7) is -0.597. The fourth-order valence-electron chi connectivity index (χ4n) is 3.48. The molecule has 0 radical (unpaired) electrons. The molecule has 2 aromatic rings. The smallest absolute Gasteiger partial charge is 0.331 e. The van der Waals surface area contributed by atoms with Crippen LogP contribution in [0.3, 0.4) is 0 Å². The van der Waals surface area contributed by atoms with Crippen LogP contribution in [0.4, 0.5) is 5.69 Å². The Bertz CT molecular complexity index is 1280. The average molecular weight is 461 g/mol. The lowest BCUT2D eigenvalue weighted by Crippen LogP contribution is -2.43. The summed E-state index contributed by atoms with van der Waals surface area (Å²) in [5.41, 5.74) is -0.471. The Balaban J connectivity index is 1.71. The second-order valence-corrected chi connectivity index (χ2v) is 9.67. The van der Waals surface area contributed by atoms with Crippen LogP contribution in [0.15, 0.2) is 52.2 Å². The van der Waals surface area contributed by atoms with Gasteiger partial charge in [0.15, 0.2) is 16.4 Å². The van der Waals surface area contributed by atoms with Crippen molar-refractivity contribution in [3.8, 4) is 0 Å². The molecule has 1 fully saturated rings. The highest BCUT2D eigenvalue weighted by atomic mass is 32.2. The van der Waals surface area contributed by atoms with Gasteiger partial charge >= 0.3 is 11.7 Å². The average Bonchev–Trinajstić information content (AvgIpc) is 3.12. The number of anilines is 1. The van der Waals surface area contributed by atoms with Gasteiger partial charge in [-0.15, -0.1) is 0 Å². The Hall–Kier alpha value is -3.47. The van der Waals surface area contributed by atoms with E-state index in [9.17, 15) is 27.6 Å². The van der Waals surface area contributed by atoms with E-state index in [0.29, 0.717) is 12.1 Å². The lowest BCUT2D eigenvalue weighted by atomic mass is 10.2. The number of ether oxygens (including phenoxy) is 1. The van der Waals surface area contributed by atoms with Gasteiger partial charge < -0.3 is 14.2 Å². The third-order valence-electron chi connectivity index (χ3n) is 5.09. The summed E-state index contributed by atoms with van der Waals surface area (Å²) in [6.07, 6.45) is 3.78. The highest BCUT2D eigenvalue weighted by molar-refractivity contribution is 7.91. The number of carbonyl (C=O) groups excluding carboxylic acids is 2. The molecule has 1 amide bonds. The van der Waals surface area contributed by atoms with E-state index in [1.54, 1.807) is 30.3 Å². The van der Waals surface area contributed by atoms with E-state index in [4.69, 9.17) is 4.74 Å². The summed E-state index contributed by atoms with van der Waals surface area (Å²) < 4.78 is 30.9. The van der Waals surface area contributed by atoms with Gasteiger partial charge in [0.05, 0.1) is 23.1 Å². The number of nitrogens with zero attached hydrogens (tertiary/aromatic N) is 3. The number of aromatic nitrogens is 2. The molecule has 0 aliphatic carbocycles. The molecule has 2 heterocycles. The van der Waals surface area contributed by atoms with Crippen molar-refractivity contribution in [2.45, 2.75) is 12.5 Å². The number of benzene rings is 1. The third-order valence-corrected chi connectivity index (χ3v) is 6.84. The number of rotatable bonds is 6. The van der Waals surface area contributed by atoms with Crippen molar-refractivity contribution in [3.63, 3.8) is 0 Å². The lowest BCUT2D eigenvalue weighted by molar-refractivity contribution is -0.143. The highest BCUT2D eigenvalue weighted by Gasteiger charge is 2.35. The van der Waals surface area contributed by atoms with Crippen LogP contribution < -0.4 is 16.1 Å². The van der Waals surface area contributed by atoms with Crippen molar-refractivity contribution >= 4 is 33.5 Å². The van der Waals surface area contributed by atoms with Gasteiger partial charge in [0.1, 0.15) is 0 Å². The minimum Gasteiger partial charge on any atom is -0.452 e. The molecule has 1 aliphatic heterocycles. The number of hydrogen-bond donors (Lipinski definition) is 0. The molecule has 0 spiro atoms. The number of amides is 1. The zero-order chi connectivity index (χ0) is 23.5. The first-order valence-corrected chi connectivity index (χ1v) is 11.6. The van der Waals surface area contributed by atoms with Crippen LogP contribution in [0, 0.1) is 0 Å². The standard InChI is InChI=1S/C21H23N3O7S/c1-22-12-15(20(27)23(2)21(22)28)8-9-19(26)31-13-18(25)24(16-6-4-3-5-7-16)17-10-11-32(29,30)14-17/h3-9,12,17H,10-11,13-14H2,1-2H3/b9-8+. The quantitative estimate of drug-likeness (QED) is 0.433. The summed E-state index contributed by atoms with van der Waals surface area (Å²) in [5, 5.41) is 0. The second kappa shape index (κ2) is 9.35. The number of carbonyl (C=O) groups is 2. The van der Waals surface area contributed by atoms with E-state index >= 15 is 0 Å². The van der Waals surface area contributed by atoms with Crippen molar-refractivity contribution < 1.29 is 22.7 Å². The van der Waals surface area contributed by atoms with Gasteiger partial charge in [-0.25, -0.2) is 18.0 Å². The molecular formula is C21H23N3O7S. The molecule has 0 N–H and O–H groups in total. The molecule has 32 heavy (non-hydrogen) atoms. The van der Waals surface area contributed by atoms with Gasteiger partial charge in [0.25, 0.3) is 11.5 Å². The summed E-state index contributed by atoms with van der Waals surface area (Å²) in [4.78, 5) is 50.1. The molecule has 3 rings (SSSR count). The summed E-state index contributed by atoms with van der Waals surface area (Å²) in [5.74, 6) is -1.58. The molecule has 1 aliphatic rings. The van der Waals surface area contributed by atoms with Crippen molar-refractivity contribution in [1.29, 1.82) is 0 Å². The fourth-order valence-corrected chi connectivity index (χ4v) is 5.18. The normalized spacial score (nSPS) is 17.4. The van der Waals surface area contributed by atoms with Crippen LogP contribution in [-0.4, -0.2) is 53.6 Å². The number of aryl methyl sites for hydroxylation is 1. The maximum absolute atomic E-state index is 12.8. The maximum atomic E-state index is 12.8. The van der Waals surface area contributed by atoms with Crippen LogP contribution in [0.1, 0.15) is 12.0 Å². The predicted octanol–water partition coefficient (Wildman–Crippen LogP) is -0.139. The number of para-hydroxylation sites is 1. The number of sulfone groups is 1. The van der Waals surface area contributed by atoms with E-state index in [2.05, 4.69) is 0 Å². The zero-order valence-corrected chi connectivity index (χ0v) is 18.4. The fraction of sp³-hybridized carbons (Fsp3) is 0.333. The predicted molar refractivity (Wildman–Crippen MR) is 118 cm³/mol. The maximum Gasteiger partial charge on any atom is 0.331 e. The summed E-state index contributed by atoms with van der Waals surface area (Å²) in [7, 11) is -0.446. The Morgan fingerprint density at radius 1 is 1.19 bits per heavy atom. The van der Waals surface area contributed by atoms with E-state index in [1.807, 2.05) is 0 Å². The van der Waals surface area contributed by atoms with Crippen LogP contribution in [0.2, 0.25) is 0 Å². The highest BCUT2D eigenvalue weighted by Crippen LogP contribution is 2.24. The molecule has 170 valence electrons. The molecule has 1 aromatic carbocycles. The third kappa shape index (κ3) is 5.22. The zero-order valence-electron chi connectivity index (χ0n) is 17.6. The molecule has 0 bridgehead atoms. The second-order valence-electron chi connectivity index (χ2n) is 7.44. The topological polar surface area (TPSA) is 125 Å². The van der Waals surface area contributed by atoms with Gasteiger partial charge in [-0.1, -0.05) is 18.2 Å². The van der Waals surface area contributed by atoms with Crippen molar-refractivity contribution in [3.05, 3.63) is 69.0 Å². The van der Waals surface area contributed by atoms with Gasteiger partial charge in [-0.05, 0) is 24.6 Å². The Kier molecular flexibility index (Phi) is 6.78. The molecule has 11 heteroatoms. The Morgan fingerprint density at radius 2 is 1.88 bits per heavy atom. The van der Waals surface area contributed by atoms with Crippen LogP contribution in [-0.2, 0) is 38.3 Å². The van der Waals surface area contributed by atoms with Crippen molar-refractivity contribution in [1.82, 2.24) is 9.13 Å². The SMILES string of the molecule is Cn1cc(/C=C/C(=O)OCC(=O)N(c2ccccc2)C2CCS(=O)(=O)C2)c(=O)n(C)c1=O. The van der Waals surface area contributed by atoms with Crippen molar-refractivity contribution in [2.75, 3.05) is 23.0 Å². The lowest BCUT2D eigenvalue weighted by Gasteiger charge is -2.28. The minimum absolute atomic E-state index is 0.00859. The number of esters is 1. The summed E-state index contributed by atoms with van der Waals surface area (Å²) in [6, 6.07) is 8.03. The van der Waals surface area contributed by atoms with Gasteiger partial charge in [0.2, 0.25) is 0 Å². The number of hydrogen-bond acceptors (Lipinski definition) is 7. The minimum atomic E-state index is -3.24. The van der Waals surface area contributed by atoms with E-state index in [1.165, 1.54) is 35.8 Å². The molecule has 1 saturated heterocycles. The van der Waals surface area contributed by atoms with Gasteiger partial charge in [-0.3, -0.25) is 14.2 Å². The van der Waals surface area contributed by atoms with Crippen LogP contribution >= 0.6 is 0 Å². The first kappa shape index (κ1) is 23.2.